The molecule has 1 aliphatic rings. The molecule has 0 spiro atoms. The minimum absolute atomic E-state index is 0.0839. The van der Waals surface area contributed by atoms with Gasteiger partial charge < -0.3 is 10.0 Å². The molecule has 0 aliphatic carbocycles. The van der Waals surface area contributed by atoms with Gasteiger partial charge in [0.2, 0.25) is 0 Å². The van der Waals surface area contributed by atoms with Gasteiger partial charge in [0.05, 0.1) is 6.10 Å². The van der Waals surface area contributed by atoms with Crippen molar-refractivity contribution in [3.63, 3.8) is 0 Å². The molecule has 2 atom stereocenters. The highest BCUT2D eigenvalue weighted by atomic mass is 16.3. The van der Waals surface area contributed by atoms with E-state index in [4.69, 9.17) is 0 Å². The zero-order valence-corrected chi connectivity index (χ0v) is 12.6. The minimum atomic E-state index is -0.390. The summed E-state index contributed by atoms with van der Waals surface area (Å²) in [5.74, 6) is 0.686. The number of aliphatic hydroxyl groups is 1. The second-order valence-electron chi connectivity index (χ2n) is 5.73. The second-order valence-corrected chi connectivity index (χ2v) is 5.73. The topological polar surface area (TPSA) is 71.2 Å². The largest absolute Gasteiger partial charge is 0.393 e. The number of carbonyl (C=O) groups is 1. The van der Waals surface area contributed by atoms with Crippen LogP contribution in [0.4, 0.5) is 0 Å². The Kier molecular flexibility index (Phi) is 4.20. The summed E-state index contributed by atoms with van der Waals surface area (Å²) in [6, 6.07) is 7.17. The molecule has 1 N–H and O–H groups in total. The van der Waals surface area contributed by atoms with Crippen molar-refractivity contribution >= 4 is 5.91 Å². The number of nitrogens with zero attached hydrogens (tertiary/aromatic N) is 4. The van der Waals surface area contributed by atoms with Crippen molar-refractivity contribution in [3.8, 4) is 5.82 Å². The lowest BCUT2D eigenvalue weighted by atomic mass is 9.93. The van der Waals surface area contributed by atoms with Gasteiger partial charge in [-0.25, -0.2) is 9.67 Å². The summed E-state index contributed by atoms with van der Waals surface area (Å²) in [6.45, 7) is 3.09. The zero-order chi connectivity index (χ0) is 15.5. The normalized spacial score (nSPS) is 19.9. The van der Waals surface area contributed by atoms with E-state index in [-0.39, 0.29) is 17.9 Å². The van der Waals surface area contributed by atoms with Crippen LogP contribution in [0.2, 0.25) is 0 Å². The number of aromatic nitrogens is 3. The third-order valence-electron chi connectivity index (χ3n) is 4.12. The van der Waals surface area contributed by atoms with E-state index in [0.717, 1.165) is 19.4 Å². The fraction of sp³-hybridized carbons (Fsp3) is 0.438. The molecule has 1 aliphatic heterocycles. The van der Waals surface area contributed by atoms with Crippen molar-refractivity contribution in [2.45, 2.75) is 25.9 Å². The average Bonchev–Trinajstić information content (AvgIpc) is 3.09. The molecule has 6 heteroatoms. The maximum Gasteiger partial charge on any atom is 0.272 e. The molecule has 2 unspecified atom stereocenters. The third-order valence-corrected chi connectivity index (χ3v) is 4.12. The number of aliphatic hydroxyl groups excluding tert-OH is 1. The fourth-order valence-electron chi connectivity index (χ4n) is 2.82. The van der Waals surface area contributed by atoms with Gasteiger partial charge in [0.1, 0.15) is 5.69 Å². The lowest BCUT2D eigenvalue weighted by molar-refractivity contribution is 0.0461. The molecule has 3 heterocycles. The number of hydrogen-bond acceptors (Lipinski definition) is 4. The number of rotatable bonds is 3. The van der Waals surface area contributed by atoms with Gasteiger partial charge in [-0.05, 0) is 38.0 Å². The summed E-state index contributed by atoms with van der Waals surface area (Å²) < 4.78 is 1.63. The first-order valence-electron chi connectivity index (χ1n) is 7.59. The SMILES string of the molecule is CC(O)C1CCCN(C(=O)c2cccc(-n3cccn3)n2)C1. The van der Waals surface area contributed by atoms with E-state index in [1.807, 2.05) is 18.2 Å². The Bertz CT molecular complexity index is 639. The third kappa shape index (κ3) is 3.01. The zero-order valence-electron chi connectivity index (χ0n) is 12.6. The van der Waals surface area contributed by atoms with Crippen LogP contribution in [0.3, 0.4) is 0 Å². The highest BCUT2D eigenvalue weighted by Crippen LogP contribution is 2.21. The van der Waals surface area contributed by atoms with E-state index >= 15 is 0 Å². The van der Waals surface area contributed by atoms with Crippen molar-refractivity contribution in [2.75, 3.05) is 13.1 Å². The van der Waals surface area contributed by atoms with E-state index in [1.165, 1.54) is 0 Å². The van der Waals surface area contributed by atoms with E-state index in [9.17, 15) is 9.90 Å². The summed E-state index contributed by atoms with van der Waals surface area (Å²) in [4.78, 5) is 18.8. The van der Waals surface area contributed by atoms with Gasteiger partial charge in [-0.15, -0.1) is 0 Å². The lowest BCUT2D eigenvalue weighted by Crippen LogP contribution is -2.43. The molecule has 0 saturated carbocycles. The van der Waals surface area contributed by atoms with Crippen molar-refractivity contribution in [3.05, 3.63) is 42.4 Å². The van der Waals surface area contributed by atoms with Crippen LogP contribution in [0.25, 0.3) is 5.82 Å². The molecule has 0 bridgehead atoms. The Balaban J connectivity index is 1.79. The van der Waals surface area contributed by atoms with Crippen LogP contribution in [-0.2, 0) is 0 Å². The van der Waals surface area contributed by atoms with Gasteiger partial charge >= 0.3 is 0 Å². The summed E-state index contributed by atoms with van der Waals surface area (Å²) in [5, 5.41) is 13.9. The van der Waals surface area contributed by atoms with Crippen LogP contribution in [0, 0.1) is 5.92 Å². The quantitative estimate of drug-likeness (QED) is 0.932. The first kappa shape index (κ1) is 14.7. The average molecular weight is 300 g/mol. The van der Waals surface area contributed by atoms with Gasteiger partial charge in [-0.2, -0.15) is 5.10 Å². The van der Waals surface area contributed by atoms with E-state index < -0.39 is 0 Å². The number of likely N-dealkylation sites (tertiary alicyclic amines) is 1. The maximum atomic E-state index is 12.6. The van der Waals surface area contributed by atoms with Crippen molar-refractivity contribution in [1.82, 2.24) is 19.7 Å². The predicted molar refractivity (Wildman–Crippen MR) is 81.7 cm³/mol. The van der Waals surface area contributed by atoms with Crippen LogP contribution < -0.4 is 0 Å². The number of pyridine rings is 1. The molecule has 1 amide bonds. The van der Waals surface area contributed by atoms with Gasteiger partial charge in [-0.1, -0.05) is 6.07 Å². The highest BCUT2D eigenvalue weighted by Gasteiger charge is 2.27. The highest BCUT2D eigenvalue weighted by molar-refractivity contribution is 5.92. The smallest absolute Gasteiger partial charge is 0.272 e. The minimum Gasteiger partial charge on any atom is -0.393 e. The monoisotopic (exact) mass is 300 g/mol. The van der Waals surface area contributed by atoms with Gasteiger partial charge in [-0.3, -0.25) is 4.79 Å². The van der Waals surface area contributed by atoms with E-state index in [2.05, 4.69) is 10.1 Å². The first-order chi connectivity index (χ1) is 10.6. The van der Waals surface area contributed by atoms with Gasteiger partial charge in [0, 0.05) is 31.4 Å². The standard InChI is InChI=1S/C16H20N4O2/c1-12(21)13-5-3-9-19(11-13)16(22)14-6-2-7-15(18-14)20-10-4-8-17-20/h2,4,6-8,10,12-13,21H,3,5,9,11H2,1H3. The van der Waals surface area contributed by atoms with Gasteiger partial charge in [0.25, 0.3) is 5.91 Å². The molecule has 116 valence electrons. The van der Waals surface area contributed by atoms with Crippen molar-refractivity contribution < 1.29 is 9.90 Å². The lowest BCUT2D eigenvalue weighted by Gasteiger charge is -2.34. The predicted octanol–water partition coefficient (Wildman–Crippen LogP) is 1.50. The molecule has 3 rings (SSSR count). The Morgan fingerprint density at radius 2 is 2.27 bits per heavy atom. The van der Waals surface area contributed by atoms with Crippen LogP contribution in [0.1, 0.15) is 30.3 Å². The second kappa shape index (κ2) is 6.27. The Labute approximate surface area is 129 Å². The number of piperidine rings is 1. The molecule has 22 heavy (non-hydrogen) atoms. The molecule has 1 saturated heterocycles. The molecular formula is C16H20N4O2. The first-order valence-corrected chi connectivity index (χ1v) is 7.59. The van der Waals surface area contributed by atoms with Crippen molar-refractivity contribution in [1.29, 1.82) is 0 Å². The molecule has 0 aromatic carbocycles. The van der Waals surface area contributed by atoms with Crippen LogP contribution in [0.15, 0.2) is 36.7 Å². The van der Waals surface area contributed by atoms with E-state index in [0.29, 0.717) is 18.1 Å². The van der Waals surface area contributed by atoms with Crippen LogP contribution in [0.5, 0.6) is 0 Å². The Morgan fingerprint density at radius 3 is 3.00 bits per heavy atom. The van der Waals surface area contributed by atoms with Crippen LogP contribution in [-0.4, -0.2) is 49.9 Å². The van der Waals surface area contributed by atoms with Gasteiger partial charge in [0.15, 0.2) is 5.82 Å². The summed E-state index contributed by atoms with van der Waals surface area (Å²) in [6.07, 6.45) is 4.95. The summed E-state index contributed by atoms with van der Waals surface area (Å²) >= 11 is 0. The Morgan fingerprint density at radius 1 is 1.41 bits per heavy atom. The molecule has 1 fully saturated rings. The molecule has 6 nitrogen and oxygen atoms in total. The number of hydrogen-bond donors (Lipinski definition) is 1. The van der Waals surface area contributed by atoms with Crippen LogP contribution >= 0.6 is 0 Å². The summed E-state index contributed by atoms with van der Waals surface area (Å²) in [5.41, 5.74) is 0.416. The molecule has 2 aromatic rings. The molecule has 0 radical (unpaired) electrons. The molecular weight excluding hydrogens is 280 g/mol. The van der Waals surface area contributed by atoms with E-state index in [1.54, 1.807) is 35.0 Å². The fourth-order valence-corrected chi connectivity index (χ4v) is 2.82. The Hall–Kier alpha value is -2.21. The summed E-state index contributed by atoms with van der Waals surface area (Å²) in [7, 11) is 0. The maximum absolute atomic E-state index is 12.6. The number of amides is 1. The van der Waals surface area contributed by atoms with Crippen molar-refractivity contribution in [2.24, 2.45) is 5.92 Å². The number of carbonyl (C=O) groups excluding carboxylic acids is 1. The molecule has 2 aromatic heterocycles.